The maximum Gasteiger partial charge on any atom is 0.358 e. The minimum absolute atomic E-state index is 0.0818. The summed E-state index contributed by atoms with van der Waals surface area (Å²) >= 11 is 0. The van der Waals surface area contributed by atoms with Crippen molar-refractivity contribution < 1.29 is 9.90 Å². The molecule has 5 heteroatoms. The lowest BCUT2D eigenvalue weighted by Gasteiger charge is -2.13. The summed E-state index contributed by atoms with van der Waals surface area (Å²) < 4.78 is 1.72. The van der Waals surface area contributed by atoms with Crippen molar-refractivity contribution in [2.24, 2.45) is 5.92 Å². The van der Waals surface area contributed by atoms with E-state index in [0.717, 1.165) is 13.0 Å². The Morgan fingerprint density at radius 3 is 2.50 bits per heavy atom. The van der Waals surface area contributed by atoms with Gasteiger partial charge in [-0.15, -0.1) is 5.10 Å². The van der Waals surface area contributed by atoms with Gasteiger partial charge in [-0.1, -0.05) is 39.3 Å². The lowest BCUT2D eigenvalue weighted by molar-refractivity contribution is 0.0688. The predicted molar refractivity (Wildman–Crippen MR) is 60.5 cm³/mol. The molecule has 0 aliphatic rings. The van der Waals surface area contributed by atoms with Crippen LogP contribution in [0, 0.1) is 5.92 Å². The lowest BCUT2D eigenvalue weighted by Crippen LogP contribution is -2.14. The third-order valence-corrected chi connectivity index (χ3v) is 2.70. The molecule has 0 fully saturated rings. The summed E-state index contributed by atoms with van der Waals surface area (Å²) in [5.74, 6) is -0.412. The van der Waals surface area contributed by atoms with Crippen LogP contribution < -0.4 is 0 Å². The number of rotatable bonds is 5. The van der Waals surface area contributed by atoms with Gasteiger partial charge in [-0.05, 0) is 11.8 Å². The van der Waals surface area contributed by atoms with Crippen LogP contribution in [0.2, 0.25) is 0 Å². The van der Waals surface area contributed by atoms with Crippen molar-refractivity contribution in [1.29, 1.82) is 0 Å². The standard InChI is InChI=1S/C11H19N3O2/c1-5-8(4)6-14-10(7(2)3)9(11(15)16)12-13-14/h7-8H,5-6H2,1-4H3,(H,15,16). The van der Waals surface area contributed by atoms with Crippen LogP contribution >= 0.6 is 0 Å². The van der Waals surface area contributed by atoms with E-state index in [9.17, 15) is 4.79 Å². The first-order valence-corrected chi connectivity index (χ1v) is 5.64. The van der Waals surface area contributed by atoms with E-state index < -0.39 is 5.97 Å². The molecule has 0 amide bonds. The van der Waals surface area contributed by atoms with E-state index in [4.69, 9.17) is 5.11 Å². The molecule has 0 saturated heterocycles. The fraction of sp³-hybridized carbons (Fsp3) is 0.727. The lowest BCUT2D eigenvalue weighted by atomic mass is 10.1. The molecule has 0 saturated carbocycles. The number of aromatic nitrogens is 3. The highest BCUT2D eigenvalue weighted by atomic mass is 16.4. The molecule has 1 aromatic rings. The average Bonchev–Trinajstić information content (AvgIpc) is 2.61. The summed E-state index contributed by atoms with van der Waals surface area (Å²) in [6.45, 7) is 8.86. The summed E-state index contributed by atoms with van der Waals surface area (Å²) in [4.78, 5) is 11.0. The second-order valence-corrected chi connectivity index (χ2v) is 4.48. The summed E-state index contributed by atoms with van der Waals surface area (Å²) in [5, 5.41) is 16.7. The Morgan fingerprint density at radius 2 is 2.06 bits per heavy atom. The van der Waals surface area contributed by atoms with Crippen LogP contribution in [0.15, 0.2) is 0 Å². The van der Waals surface area contributed by atoms with Crippen LogP contribution in [0.4, 0.5) is 0 Å². The van der Waals surface area contributed by atoms with Crippen molar-refractivity contribution in [3.8, 4) is 0 Å². The second kappa shape index (κ2) is 5.09. The molecule has 1 atom stereocenters. The first kappa shape index (κ1) is 12.7. The van der Waals surface area contributed by atoms with Crippen molar-refractivity contribution in [2.75, 3.05) is 0 Å². The molecular weight excluding hydrogens is 206 g/mol. The van der Waals surface area contributed by atoms with Crippen molar-refractivity contribution in [1.82, 2.24) is 15.0 Å². The van der Waals surface area contributed by atoms with E-state index in [1.54, 1.807) is 4.68 Å². The Kier molecular flexibility index (Phi) is 4.04. The highest BCUT2D eigenvalue weighted by Crippen LogP contribution is 2.19. The van der Waals surface area contributed by atoms with Crippen LogP contribution in [-0.2, 0) is 6.54 Å². The van der Waals surface area contributed by atoms with Gasteiger partial charge in [0.1, 0.15) is 0 Å². The minimum atomic E-state index is -1.00. The van der Waals surface area contributed by atoms with Gasteiger partial charge in [0, 0.05) is 6.54 Å². The smallest absolute Gasteiger partial charge is 0.358 e. The molecule has 1 N–H and O–H groups in total. The third-order valence-electron chi connectivity index (χ3n) is 2.70. The van der Waals surface area contributed by atoms with Gasteiger partial charge in [-0.2, -0.15) is 0 Å². The summed E-state index contributed by atoms with van der Waals surface area (Å²) in [7, 11) is 0. The Labute approximate surface area is 95.5 Å². The van der Waals surface area contributed by atoms with Crippen molar-refractivity contribution in [2.45, 2.75) is 46.6 Å². The van der Waals surface area contributed by atoms with Gasteiger partial charge < -0.3 is 5.11 Å². The molecule has 1 rings (SSSR count). The topological polar surface area (TPSA) is 68.0 Å². The zero-order chi connectivity index (χ0) is 12.3. The number of nitrogens with zero attached hydrogens (tertiary/aromatic N) is 3. The largest absolute Gasteiger partial charge is 0.476 e. The quantitative estimate of drug-likeness (QED) is 0.833. The SMILES string of the molecule is CCC(C)Cn1nnc(C(=O)O)c1C(C)C. The second-order valence-electron chi connectivity index (χ2n) is 4.48. The van der Waals surface area contributed by atoms with E-state index in [0.29, 0.717) is 11.6 Å². The molecular formula is C11H19N3O2. The predicted octanol–water partition coefficient (Wildman–Crippen LogP) is 2.15. The number of hydrogen-bond acceptors (Lipinski definition) is 3. The molecule has 0 aliphatic carbocycles. The number of carboxylic acid groups (broad SMARTS) is 1. The van der Waals surface area contributed by atoms with Gasteiger partial charge in [-0.25, -0.2) is 9.48 Å². The van der Waals surface area contributed by atoms with Crippen molar-refractivity contribution >= 4 is 5.97 Å². The molecule has 0 aliphatic heterocycles. The van der Waals surface area contributed by atoms with E-state index in [1.807, 2.05) is 13.8 Å². The zero-order valence-corrected chi connectivity index (χ0v) is 10.3. The third kappa shape index (κ3) is 2.59. The number of hydrogen-bond donors (Lipinski definition) is 1. The fourth-order valence-electron chi connectivity index (χ4n) is 1.60. The maximum atomic E-state index is 11.0. The van der Waals surface area contributed by atoms with Gasteiger partial charge in [0.05, 0.1) is 5.69 Å². The van der Waals surface area contributed by atoms with Gasteiger partial charge in [0.25, 0.3) is 0 Å². The van der Waals surface area contributed by atoms with E-state index in [1.165, 1.54) is 0 Å². The molecule has 1 heterocycles. The highest BCUT2D eigenvalue weighted by molar-refractivity contribution is 5.86. The maximum absolute atomic E-state index is 11.0. The molecule has 0 aromatic carbocycles. The number of aromatic carboxylic acids is 1. The average molecular weight is 225 g/mol. The first-order valence-electron chi connectivity index (χ1n) is 5.64. The normalized spacial score (nSPS) is 13.1. The first-order chi connectivity index (χ1) is 7.47. The van der Waals surface area contributed by atoms with Gasteiger partial charge in [0.2, 0.25) is 0 Å². The van der Waals surface area contributed by atoms with Crippen LogP contribution in [0.3, 0.4) is 0 Å². The summed E-state index contributed by atoms with van der Waals surface area (Å²) in [6.07, 6.45) is 1.04. The monoisotopic (exact) mass is 225 g/mol. The molecule has 0 spiro atoms. The Morgan fingerprint density at radius 1 is 1.44 bits per heavy atom. The van der Waals surface area contributed by atoms with Gasteiger partial charge in [0.15, 0.2) is 5.69 Å². The highest BCUT2D eigenvalue weighted by Gasteiger charge is 2.21. The van der Waals surface area contributed by atoms with E-state index in [2.05, 4.69) is 24.2 Å². The van der Waals surface area contributed by atoms with E-state index >= 15 is 0 Å². The molecule has 5 nitrogen and oxygen atoms in total. The molecule has 16 heavy (non-hydrogen) atoms. The molecule has 0 bridgehead atoms. The Bertz CT molecular complexity index is 371. The zero-order valence-electron chi connectivity index (χ0n) is 10.3. The van der Waals surface area contributed by atoms with Crippen LogP contribution in [-0.4, -0.2) is 26.1 Å². The van der Waals surface area contributed by atoms with Crippen LogP contribution in [0.25, 0.3) is 0 Å². The number of carboxylic acids is 1. The summed E-state index contributed by atoms with van der Waals surface area (Å²) in [5.41, 5.74) is 0.797. The molecule has 0 radical (unpaired) electrons. The number of carbonyl (C=O) groups is 1. The van der Waals surface area contributed by atoms with Crippen LogP contribution in [0.1, 0.15) is 56.2 Å². The van der Waals surface area contributed by atoms with Crippen molar-refractivity contribution in [3.05, 3.63) is 11.4 Å². The molecule has 1 unspecified atom stereocenters. The Hall–Kier alpha value is -1.39. The molecule has 90 valence electrons. The summed E-state index contributed by atoms with van der Waals surface area (Å²) in [6, 6.07) is 0. The van der Waals surface area contributed by atoms with Crippen LogP contribution in [0.5, 0.6) is 0 Å². The van der Waals surface area contributed by atoms with Crippen molar-refractivity contribution in [3.63, 3.8) is 0 Å². The fourth-order valence-corrected chi connectivity index (χ4v) is 1.60. The molecule has 1 aromatic heterocycles. The Balaban J connectivity index is 3.05. The minimum Gasteiger partial charge on any atom is -0.476 e. The van der Waals surface area contributed by atoms with Gasteiger partial charge in [-0.3, -0.25) is 0 Å². The van der Waals surface area contributed by atoms with E-state index in [-0.39, 0.29) is 11.6 Å². The van der Waals surface area contributed by atoms with Gasteiger partial charge >= 0.3 is 5.97 Å².